The van der Waals surface area contributed by atoms with Gasteiger partial charge in [0.15, 0.2) is 11.5 Å². The van der Waals surface area contributed by atoms with Gasteiger partial charge >= 0.3 is 5.97 Å². The Labute approximate surface area is 87.2 Å². The van der Waals surface area contributed by atoms with Crippen LogP contribution in [0.25, 0.3) is 0 Å². The normalized spacial score (nSPS) is 9.53. The summed E-state index contributed by atoms with van der Waals surface area (Å²) in [7, 11) is 4.22. The first-order valence-electron chi connectivity index (χ1n) is 4.18. The average Bonchev–Trinajstić information content (AvgIpc) is 2.26. The van der Waals surface area contributed by atoms with Gasteiger partial charge in [0.2, 0.25) is 0 Å². The Morgan fingerprint density at radius 1 is 1.07 bits per heavy atom. The van der Waals surface area contributed by atoms with Crippen LogP contribution in [-0.2, 0) is 0 Å². The number of benzene rings is 1. The summed E-state index contributed by atoms with van der Waals surface area (Å²) < 4.78 is 14.9. The average molecular weight is 212 g/mol. The van der Waals surface area contributed by atoms with E-state index in [2.05, 4.69) is 0 Å². The Morgan fingerprint density at radius 2 is 1.60 bits per heavy atom. The summed E-state index contributed by atoms with van der Waals surface area (Å²) in [6.07, 6.45) is 0. The van der Waals surface area contributed by atoms with Gasteiger partial charge in [-0.2, -0.15) is 0 Å². The highest BCUT2D eigenvalue weighted by molar-refractivity contribution is 5.95. The summed E-state index contributed by atoms with van der Waals surface area (Å²) in [5.41, 5.74) is -0.0423. The Hall–Kier alpha value is -1.91. The lowest BCUT2D eigenvalue weighted by atomic mass is 10.1. The molecule has 1 aromatic carbocycles. The van der Waals surface area contributed by atoms with Gasteiger partial charge in [-0.15, -0.1) is 0 Å². The first-order valence-corrected chi connectivity index (χ1v) is 4.18. The van der Waals surface area contributed by atoms with Gasteiger partial charge in [0.05, 0.1) is 21.3 Å². The molecule has 5 heteroatoms. The fraction of sp³-hybridized carbons (Fsp3) is 0.300. The zero-order chi connectivity index (χ0) is 11.4. The smallest absolute Gasteiger partial charge is 0.343 e. The second-order valence-electron chi connectivity index (χ2n) is 2.68. The lowest BCUT2D eigenvalue weighted by Gasteiger charge is -2.12. The van der Waals surface area contributed by atoms with E-state index in [9.17, 15) is 4.79 Å². The van der Waals surface area contributed by atoms with Crippen molar-refractivity contribution in [3.05, 3.63) is 17.7 Å². The van der Waals surface area contributed by atoms with Crippen LogP contribution in [0.2, 0.25) is 0 Å². The quantitative estimate of drug-likeness (QED) is 0.817. The van der Waals surface area contributed by atoms with Crippen molar-refractivity contribution >= 4 is 5.97 Å². The summed E-state index contributed by atoms with van der Waals surface area (Å²) in [6, 6.07) is 3.11. The molecule has 1 N–H and O–H groups in total. The minimum Gasteiger partial charge on any atom is -0.496 e. The predicted octanol–water partition coefficient (Wildman–Crippen LogP) is 1.41. The molecule has 5 nitrogen and oxygen atoms in total. The molecule has 0 atom stereocenters. The molecule has 0 aliphatic heterocycles. The molecule has 1 rings (SSSR count). The van der Waals surface area contributed by atoms with Gasteiger partial charge < -0.3 is 19.3 Å². The van der Waals surface area contributed by atoms with Crippen molar-refractivity contribution in [1.29, 1.82) is 0 Å². The van der Waals surface area contributed by atoms with Gasteiger partial charge in [0.1, 0.15) is 11.3 Å². The van der Waals surface area contributed by atoms with Crippen molar-refractivity contribution in [2.75, 3.05) is 21.3 Å². The second-order valence-corrected chi connectivity index (χ2v) is 2.68. The summed E-state index contributed by atoms with van der Waals surface area (Å²) >= 11 is 0. The number of aromatic carboxylic acids is 1. The maximum absolute atomic E-state index is 11.0. The minimum atomic E-state index is -1.12. The Bertz CT molecular complexity index is 372. The molecule has 0 saturated carbocycles. The maximum Gasteiger partial charge on any atom is 0.343 e. The van der Waals surface area contributed by atoms with Crippen molar-refractivity contribution in [2.24, 2.45) is 0 Å². The van der Waals surface area contributed by atoms with Crippen LogP contribution in [0.15, 0.2) is 12.1 Å². The number of methoxy groups -OCH3 is 3. The molecule has 0 saturated heterocycles. The molecule has 0 amide bonds. The van der Waals surface area contributed by atoms with E-state index in [0.717, 1.165) is 0 Å². The van der Waals surface area contributed by atoms with Crippen LogP contribution in [0.3, 0.4) is 0 Å². The largest absolute Gasteiger partial charge is 0.496 e. The number of rotatable bonds is 4. The SMILES string of the molecule is COc1ccc(OC)c(C(=O)O)c1OC. The molecule has 0 radical (unpaired) electrons. The molecular weight excluding hydrogens is 200 g/mol. The molecule has 15 heavy (non-hydrogen) atoms. The van der Waals surface area contributed by atoms with Crippen molar-refractivity contribution < 1.29 is 24.1 Å². The monoisotopic (exact) mass is 212 g/mol. The van der Waals surface area contributed by atoms with E-state index in [1.165, 1.54) is 27.4 Å². The molecule has 0 aliphatic rings. The van der Waals surface area contributed by atoms with E-state index >= 15 is 0 Å². The molecule has 0 fully saturated rings. The number of ether oxygens (including phenoxy) is 3. The Morgan fingerprint density at radius 3 is 2.00 bits per heavy atom. The number of carboxylic acids is 1. The summed E-state index contributed by atoms with van der Waals surface area (Å²) in [6.45, 7) is 0. The van der Waals surface area contributed by atoms with E-state index in [4.69, 9.17) is 19.3 Å². The van der Waals surface area contributed by atoms with Gasteiger partial charge in [-0.05, 0) is 12.1 Å². The first kappa shape index (κ1) is 11.2. The van der Waals surface area contributed by atoms with Crippen LogP contribution >= 0.6 is 0 Å². The van der Waals surface area contributed by atoms with Crippen LogP contribution in [0.1, 0.15) is 10.4 Å². The van der Waals surface area contributed by atoms with Gasteiger partial charge in [-0.3, -0.25) is 0 Å². The highest BCUT2D eigenvalue weighted by Gasteiger charge is 2.21. The highest BCUT2D eigenvalue weighted by Crippen LogP contribution is 2.36. The fourth-order valence-corrected chi connectivity index (χ4v) is 1.28. The van der Waals surface area contributed by atoms with Crippen LogP contribution < -0.4 is 14.2 Å². The molecular formula is C10H12O5. The highest BCUT2D eigenvalue weighted by atomic mass is 16.5. The van der Waals surface area contributed by atoms with Gasteiger partial charge in [-0.1, -0.05) is 0 Å². The molecule has 0 aliphatic carbocycles. The standard InChI is InChI=1S/C10H12O5/c1-13-6-4-5-7(14-2)9(15-3)8(6)10(11)12/h4-5H,1-3H3,(H,11,12). The zero-order valence-corrected chi connectivity index (χ0v) is 8.73. The number of carboxylic acid groups (broad SMARTS) is 1. The lowest BCUT2D eigenvalue weighted by molar-refractivity contribution is 0.0689. The van der Waals surface area contributed by atoms with Crippen LogP contribution in [-0.4, -0.2) is 32.4 Å². The van der Waals surface area contributed by atoms with Gasteiger partial charge in [0, 0.05) is 0 Å². The van der Waals surface area contributed by atoms with Crippen LogP contribution in [0.5, 0.6) is 17.2 Å². The summed E-state index contributed by atoms with van der Waals surface area (Å²) in [4.78, 5) is 11.0. The third kappa shape index (κ3) is 1.96. The predicted molar refractivity (Wildman–Crippen MR) is 53.1 cm³/mol. The zero-order valence-electron chi connectivity index (χ0n) is 8.73. The maximum atomic E-state index is 11.0. The van der Waals surface area contributed by atoms with Crippen LogP contribution in [0.4, 0.5) is 0 Å². The first-order chi connectivity index (χ1) is 7.15. The van der Waals surface area contributed by atoms with Crippen molar-refractivity contribution in [3.8, 4) is 17.2 Å². The lowest BCUT2D eigenvalue weighted by Crippen LogP contribution is -2.05. The van der Waals surface area contributed by atoms with Crippen molar-refractivity contribution in [1.82, 2.24) is 0 Å². The van der Waals surface area contributed by atoms with Gasteiger partial charge in [-0.25, -0.2) is 4.79 Å². The molecule has 1 aromatic rings. The number of hydrogen-bond donors (Lipinski definition) is 1. The van der Waals surface area contributed by atoms with E-state index in [0.29, 0.717) is 5.75 Å². The topological polar surface area (TPSA) is 65.0 Å². The minimum absolute atomic E-state index is 0.0423. The third-order valence-corrected chi connectivity index (χ3v) is 1.94. The molecule has 0 aromatic heterocycles. The van der Waals surface area contributed by atoms with Crippen molar-refractivity contribution in [2.45, 2.75) is 0 Å². The Kier molecular flexibility index (Phi) is 3.38. The molecule has 0 heterocycles. The second kappa shape index (κ2) is 4.54. The summed E-state index contributed by atoms with van der Waals surface area (Å²) in [5, 5.41) is 9.01. The molecule has 0 spiro atoms. The van der Waals surface area contributed by atoms with E-state index in [1.807, 2.05) is 0 Å². The molecule has 82 valence electrons. The number of hydrogen-bond acceptors (Lipinski definition) is 4. The van der Waals surface area contributed by atoms with Crippen molar-refractivity contribution in [3.63, 3.8) is 0 Å². The molecule has 0 bridgehead atoms. The van der Waals surface area contributed by atoms with Crippen LogP contribution in [0, 0.1) is 0 Å². The van der Waals surface area contributed by atoms with E-state index in [-0.39, 0.29) is 17.1 Å². The number of carbonyl (C=O) groups is 1. The van der Waals surface area contributed by atoms with E-state index in [1.54, 1.807) is 6.07 Å². The fourth-order valence-electron chi connectivity index (χ4n) is 1.28. The summed E-state index contributed by atoms with van der Waals surface area (Å²) in [5.74, 6) is -0.372. The van der Waals surface area contributed by atoms with Gasteiger partial charge in [0.25, 0.3) is 0 Å². The van der Waals surface area contributed by atoms with E-state index < -0.39 is 5.97 Å². The Balaban J connectivity index is 3.44. The third-order valence-electron chi connectivity index (χ3n) is 1.94. The molecule has 0 unspecified atom stereocenters.